The van der Waals surface area contributed by atoms with Crippen LogP contribution in [0.3, 0.4) is 0 Å². The normalized spacial score (nSPS) is 14.5. The molecule has 1 aromatic carbocycles. The van der Waals surface area contributed by atoms with Crippen LogP contribution in [0.1, 0.15) is 26.1 Å². The molecule has 2 rings (SSSR count). The number of aryl methyl sites for hydroxylation is 2. The van der Waals surface area contributed by atoms with Crippen molar-refractivity contribution in [2.75, 3.05) is 0 Å². The molecule has 5 heteroatoms. The summed E-state index contributed by atoms with van der Waals surface area (Å²) >= 11 is 0. The first-order valence-electron chi connectivity index (χ1n) is 6.42. The molecule has 0 amide bonds. The van der Waals surface area contributed by atoms with Gasteiger partial charge < -0.3 is 15.4 Å². The minimum Gasteiger partial charge on any atom is -0.480 e. The van der Waals surface area contributed by atoms with E-state index in [2.05, 4.69) is 9.55 Å². The van der Waals surface area contributed by atoms with Crippen molar-refractivity contribution in [3.8, 4) is 0 Å². The van der Waals surface area contributed by atoms with Gasteiger partial charge in [-0.15, -0.1) is 0 Å². The fourth-order valence-corrected chi connectivity index (χ4v) is 2.10. The van der Waals surface area contributed by atoms with Gasteiger partial charge in [-0.1, -0.05) is 19.1 Å². The molecular weight excluding hydrogens is 242 g/mol. The highest BCUT2D eigenvalue weighted by atomic mass is 16.4. The summed E-state index contributed by atoms with van der Waals surface area (Å²) in [6.45, 7) is 4.14. The number of hydrogen-bond acceptors (Lipinski definition) is 3. The van der Waals surface area contributed by atoms with Crippen LogP contribution in [0.4, 0.5) is 0 Å². The fourth-order valence-electron chi connectivity index (χ4n) is 2.10. The molecule has 0 spiro atoms. The predicted molar refractivity (Wildman–Crippen MR) is 74.0 cm³/mol. The van der Waals surface area contributed by atoms with Crippen molar-refractivity contribution >= 4 is 17.0 Å². The molecule has 19 heavy (non-hydrogen) atoms. The van der Waals surface area contributed by atoms with Crippen molar-refractivity contribution in [1.29, 1.82) is 0 Å². The molecule has 102 valence electrons. The Balaban J connectivity index is 2.32. The average molecular weight is 261 g/mol. The van der Waals surface area contributed by atoms with Crippen LogP contribution in [0.25, 0.3) is 11.0 Å². The highest BCUT2D eigenvalue weighted by molar-refractivity contribution is 5.78. The molecule has 0 aliphatic carbocycles. The number of aliphatic carboxylic acids is 1. The van der Waals surface area contributed by atoms with Gasteiger partial charge in [0.25, 0.3) is 0 Å². The van der Waals surface area contributed by atoms with E-state index in [0.717, 1.165) is 23.3 Å². The summed E-state index contributed by atoms with van der Waals surface area (Å²) in [6, 6.07) is 7.86. The van der Waals surface area contributed by atoms with Crippen LogP contribution in [0.2, 0.25) is 0 Å². The number of carboxylic acid groups (broad SMARTS) is 1. The lowest BCUT2D eigenvalue weighted by Gasteiger charge is -2.20. The SMILES string of the molecule is CCc1nc2ccccc2n1CCC(C)(N)C(=O)O. The second-order valence-electron chi connectivity index (χ2n) is 4.99. The summed E-state index contributed by atoms with van der Waals surface area (Å²) in [5.74, 6) is -0.0163. The maximum atomic E-state index is 11.0. The van der Waals surface area contributed by atoms with Crippen LogP contribution >= 0.6 is 0 Å². The Labute approximate surface area is 112 Å². The number of benzene rings is 1. The van der Waals surface area contributed by atoms with Gasteiger partial charge in [-0.25, -0.2) is 4.98 Å². The molecule has 0 aliphatic rings. The van der Waals surface area contributed by atoms with Crippen molar-refractivity contribution < 1.29 is 9.90 Å². The van der Waals surface area contributed by atoms with Gasteiger partial charge in [-0.05, 0) is 25.5 Å². The molecule has 0 bridgehead atoms. The number of para-hydroxylation sites is 2. The van der Waals surface area contributed by atoms with Crippen molar-refractivity contribution in [2.24, 2.45) is 5.73 Å². The Hall–Kier alpha value is -1.88. The average Bonchev–Trinajstić information content (AvgIpc) is 2.74. The van der Waals surface area contributed by atoms with E-state index in [1.807, 2.05) is 31.2 Å². The molecule has 2 aromatic rings. The Kier molecular flexibility index (Phi) is 3.57. The zero-order valence-electron chi connectivity index (χ0n) is 11.3. The van der Waals surface area contributed by atoms with Crippen LogP contribution in [0, 0.1) is 0 Å². The van der Waals surface area contributed by atoms with Gasteiger partial charge in [0, 0.05) is 13.0 Å². The zero-order chi connectivity index (χ0) is 14.0. The summed E-state index contributed by atoms with van der Waals surface area (Å²) in [6.07, 6.45) is 1.18. The van der Waals surface area contributed by atoms with E-state index in [0.29, 0.717) is 13.0 Å². The van der Waals surface area contributed by atoms with Crippen LogP contribution in [-0.2, 0) is 17.8 Å². The van der Waals surface area contributed by atoms with Gasteiger partial charge in [0.15, 0.2) is 0 Å². The lowest BCUT2D eigenvalue weighted by Crippen LogP contribution is -2.45. The van der Waals surface area contributed by atoms with Crippen LogP contribution < -0.4 is 5.73 Å². The Morgan fingerprint density at radius 2 is 2.16 bits per heavy atom. The lowest BCUT2D eigenvalue weighted by molar-refractivity contribution is -0.143. The third-order valence-corrected chi connectivity index (χ3v) is 3.39. The standard InChI is InChI=1S/C14H19N3O2/c1-3-12-16-10-6-4-5-7-11(10)17(12)9-8-14(2,15)13(18)19/h4-7H,3,8-9,15H2,1-2H3,(H,18,19). The first-order valence-corrected chi connectivity index (χ1v) is 6.42. The lowest BCUT2D eigenvalue weighted by atomic mass is 10.00. The van der Waals surface area contributed by atoms with E-state index in [1.54, 1.807) is 6.92 Å². The van der Waals surface area contributed by atoms with Gasteiger partial charge >= 0.3 is 5.97 Å². The molecule has 1 aromatic heterocycles. The molecule has 0 radical (unpaired) electrons. The number of carboxylic acids is 1. The summed E-state index contributed by atoms with van der Waals surface area (Å²) in [5.41, 5.74) is 6.53. The number of rotatable bonds is 5. The maximum Gasteiger partial charge on any atom is 0.323 e. The molecule has 1 heterocycles. The minimum absolute atomic E-state index is 0.371. The minimum atomic E-state index is -1.21. The molecule has 1 unspecified atom stereocenters. The van der Waals surface area contributed by atoms with Crippen LogP contribution in [-0.4, -0.2) is 26.2 Å². The van der Waals surface area contributed by atoms with Crippen LogP contribution in [0.15, 0.2) is 24.3 Å². The molecule has 5 nitrogen and oxygen atoms in total. The van der Waals surface area contributed by atoms with E-state index in [9.17, 15) is 4.79 Å². The first kappa shape index (κ1) is 13.5. The quantitative estimate of drug-likeness (QED) is 0.859. The topological polar surface area (TPSA) is 81.1 Å². The number of carbonyl (C=O) groups is 1. The third kappa shape index (κ3) is 2.61. The van der Waals surface area contributed by atoms with Crippen molar-refractivity contribution in [1.82, 2.24) is 9.55 Å². The van der Waals surface area contributed by atoms with E-state index in [-0.39, 0.29) is 0 Å². The highest BCUT2D eigenvalue weighted by Crippen LogP contribution is 2.18. The molecule has 1 atom stereocenters. The van der Waals surface area contributed by atoms with E-state index >= 15 is 0 Å². The Morgan fingerprint density at radius 1 is 1.47 bits per heavy atom. The molecule has 3 N–H and O–H groups in total. The van der Waals surface area contributed by atoms with E-state index in [4.69, 9.17) is 10.8 Å². The highest BCUT2D eigenvalue weighted by Gasteiger charge is 2.27. The summed E-state index contributed by atoms with van der Waals surface area (Å²) in [5, 5.41) is 9.06. The van der Waals surface area contributed by atoms with Crippen molar-refractivity contribution in [3.63, 3.8) is 0 Å². The molecule has 0 aliphatic heterocycles. The number of fused-ring (bicyclic) bond motifs is 1. The number of hydrogen-bond donors (Lipinski definition) is 2. The fraction of sp³-hybridized carbons (Fsp3) is 0.429. The largest absolute Gasteiger partial charge is 0.480 e. The third-order valence-electron chi connectivity index (χ3n) is 3.39. The number of nitrogens with zero attached hydrogens (tertiary/aromatic N) is 2. The molecular formula is C14H19N3O2. The summed E-state index contributed by atoms with van der Waals surface area (Å²) in [4.78, 5) is 15.6. The number of nitrogens with two attached hydrogens (primary N) is 1. The van der Waals surface area contributed by atoms with Gasteiger partial charge in [0.05, 0.1) is 11.0 Å². The Bertz CT molecular complexity index is 602. The Morgan fingerprint density at radius 3 is 2.79 bits per heavy atom. The van der Waals surface area contributed by atoms with Crippen LogP contribution in [0.5, 0.6) is 0 Å². The molecule has 0 saturated heterocycles. The van der Waals surface area contributed by atoms with E-state index in [1.165, 1.54) is 0 Å². The smallest absolute Gasteiger partial charge is 0.323 e. The first-order chi connectivity index (χ1) is 8.95. The van der Waals surface area contributed by atoms with Gasteiger partial charge in [0.2, 0.25) is 0 Å². The number of imidazole rings is 1. The zero-order valence-corrected chi connectivity index (χ0v) is 11.3. The maximum absolute atomic E-state index is 11.0. The van der Waals surface area contributed by atoms with Gasteiger partial charge in [0.1, 0.15) is 11.4 Å². The summed E-state index contributed by atoms with van der Waals surface area (Å²) < 4.78 is 2.06. The second kappa shape index (κ2) is 5.01. The van der Waals surface area contributed by atoms with Crippen molar-refractivity contribution in [3.05, 3.63) is 30.1 Å². The van der Waals surface area contributed by atoms with Gasteiger partial charge in [-0.3, -0.25) is 4.79 Å². The van der Waals surface area contributed by atoms with Gasteiger partial charge in [-0.2, -0.15) is 0 Å². The molecule has 0 saturated carbocycles. The molecule has 0 fully saturated rings. The second-order valence-corrected chi connectivity index (χ2v) is 4.99. The summed E-state index contributed by atoms with van der Waals surface area (Å²) in [7, 11) is 0. The monoisotopic (exact) mass is 261 g/mol. The predicted octanol–water partition coefficient (Wildman–Crippen LogP) is 1.79. The van der Waals surface area contributed by atoms with E-state index < -0.39 is 11.5 Å². The number of aromatic nitrogens is 2. The van der Waals surface area contributed by atoms with Crippen molar-refractivity contribution in [2.45, 2.75) is 38.8 Å².